The van der Waals surface area contributed by atoms with Crippen LogP contribution in [0.1, 0.15) is 21.2 Å². The van der Waals surface area contributed by atoms with Crippen LogP contribution in [-0.2, 0) is 4.74 Å². The Bertz CT molecular complexity index is 173. The molecule has 0 aliphatic carbocycles. The van der Waals surface area contributed by atoms with Gasteiger partial charge in [-0.15, -0.1) is 0 Å². The van der Waals surface area contributed by atoms with Gasteiger partial charge in [0.05, 0.1) is 6.61 Å². The molecule has 1 saturated heterocycles. The van der Waals surface area contributed by atoms with Gasteiger partial charge >= 0.3 is 6.09 Å². The first kappa shape index (κ1) is 13.2. The standard InChI is InChI=1S/C9H18N2O2.H3N.H2/c1-3-13-9(12)11-6-4-8(10-2)5-7-11;;/h8,10H,3-7H2,1-2H3;1H3;1H. The lowest BCUT2D eigenvalue weighted by molar-refractivity contribution is 0.0956. The minimum atomic E-state index is -0.169. The Balaban J connectivity index is 0. The van der Waals surface area contributed by atoms with Gasteiger partial charge in [-0.05, 0) is 26.8 Å². The lowest BCUT2D eigenvalue weighted by atomic mass is 10.1. The van der Waals surface area contributed by atoms with Crippen molar-refractivity contribution in [2.75, 3.05) is 26.7 Å². The van der Waals surface area contributed by atoms with Crippen LogP contribution in [0.2, 0.25) is 0 Å². The van der Waals surface area contributed by atoms with Gasteiger partial charge in [-0.25, -0.2) is 4.79 Å². The summed E-state index contributed by atoms with van der Waals surface area (Å²) in [6, 6.07) is 0.561. The zero-order chi connectivity index (χ0) is 9.68. The Morgan fingerprint density at radius 3 is 2.57 bits per heavy atom. The highest BCUT2D eigenvalue weighted by molar-refractivity contribution is 5.67. The van der Waals surface area contributed by atoms with E-state index in [-0.39, 0.29) is 13.7 Å². The summed E-state index contributed by atoms with van der Waals surface area (Å²) in [5, 5.41) is 3.22. The van der Waals surface area contributed by atoms with Gasteiger partial charge in [0.25, 0.3) is 0 Å². The van der Waals surface area contributed by atoms with Crippen molar-refractivity contribution in [3.05, 3.63) is 0 Å². The van der Waals surface area contributed by atoms with Crippen molar-refractivity contribution in [2.24, 2.45) is 0 Å². The van der Waals surface area contributed by atoms with Crippen LogP contribution in [0.15, 0.2) is 0 Å². The van der Waals surface area contributed by atoms with E-state index in [0.29, 0.717) is 12.6 Å². The fourth-order valence-electron chi connectivity index (χ4n) is 1.57. The molecule has 4 N–H and O–H groups in total. The molecule has 0 aromatic carbocycles. The molecule has 1 heterocycles. The Morgan fingerprint density at radius 1 is 1.57 bits per heavy atom. The van der Waals surface area contributed by atoms with E-state index in [2.05, 4.69) is 5.32 Å². The molecule has 14 heavy (non-hydrogen) atoms. The third kappa shape index (κ3) is 3.51. The Kier molecular flexibility index (Phi) is 6.23. The van der Waals surface area contributed by atoms with Gasteiger partial charge < -0.3 is 21.1 Å². The maximum absolute atomic E-state index is 11.3. The molecule has 0 radical (unpaired) electrons. The van der Waals surface area contributed by atoms with Crippen molar-refractivity contribution >= 4 is 6.09 Å². The lowest BCUT2D eigenvalue weighted by Crippen LogP contribution is -2.44. The second kappa shape index (κ2) is 6.62. The summed E-state index contributed by atoms with van der Waals surface area (Å²) < 4.78 is 4.92. The van der Waals surface area contributed by atoms with Gasteiger partial charge in [-0.1, -0.05) is 0 Å². The molecule has 0 atom stereocenters. The van der Waals surface area contributed by atoms with Crippen LogP contribution in [0, 0.1) is 0 Å². The normalized spacial score (nSPS) is 17.4. The molecule has 86 valence electrons. The molecular formula is C9H23N3O2. The summed E-state index contributed by atoms with van der Waals surface area (Å²) in [5.41, 5.74) is 0. The van der Waals surface area contributed by atoms with Crippen LogP contribution in [0.3, 0.4) is 0 Å². The predicted molar refractivity (Wildman–Crippen MR) is 57.8 cm³/mol. The van der Waals surface area contributed by atoms with Crippen molar-refractivity contribution in [1.82, 2.24) is 16.4 Å². The SMILES string of the molecule is CCOC(=O)N1CCC(NC)CC1.N.[HH]. The topological polar surface area (TPSA) is 76.6 Å². The molecule has 0 aromatic rings. The molecule has 0 unspecified atom stereocenters. The van der Waals surface area contributed by atoms with Crippen molar-refractivity contribution in [2.45, 2.75) is 25.8 Å². The number of nitrogens with zero attached hydrogens (tertiary/aromatic N) is 1. The highest BCUT2D eigenvalue weighted by Gasteiger charge is 2.21. The van der Waals surface area contributed by atoms with Crippen molar-refractivity contribution in [3.63, 3.8) is 0 Å². The Morgan fingerprint density at radius 2 is 2.14 bits per heavy atom. The molecule has 0 saturated carbocycles. The van der Waals surface area contributed by atoms with Crippen LogP contribution >= 0.6 is 0 Å². The number of nitrogens with one attached hydrogen (secondary N) is 1. The molecule has 5 nitrogen and oxygen atoms in total. The number of carbonyl (C=O) groups is 1. The van der Waals surface area contributed by atoms with Crippen LogP contribution in [0.4, 0.5) is 4.79 Å². The zero-order valence-corrected chi connectivity index (χ0v) is 9.08. The van der Waals surface area contributed by atoms with E-state index in [9.17, 15) is 4.79 Å². The first-order valence-electron chi connectivity index (χ1n) is 4.87. The molecule has 1 aliphatic heterocycles. The number of rotatable bonds is 2. The molecule has 1 aliphatic rings. The summed E-state index contributed by atoms with van der Waals surface area (Å²) in [4.78, 5) is 13.1. The maximum atomic E-state index is 11.3. The molecule has 1 rings (SSSR count). The van der Waals surface area contributed by atoms with E-state index in [1.807, 2.05) is 14.0 Å². The average molecular weight is 205 g/mol. The highest BCUT2D eigenvalue weighted by atomic mass is 16.6. The third-order valence-electron chi connectivity index (χ3n) is 2.43. The number of amides is 1. The second-order valence-electron chi connectivity index (χ2n) is 3.25. The Labute approximate surface area is 86.9 Å². The van der Waals surface area contributed by atoms with Gasteiger partial charge in [-0.3, -0.25) is 0 Å². The number of hydrogen-bond acceptors (Lipinski definition) is 4. The van der Waals surface area contributed by atoms with Crippen molar-refractivity contribution in [1.29, 1.82) is 0 Å². The van der Waals surface area contributed by atoms with Crippen molar-refractivity contribution in [3.8, 4) is 0 Å². The number of likely N-dealkylation sites (tertiary alicyclic amines) is 1. The molecule has 5 heteroatoms. The van der Waals surface area contributed by atoms with E-state index in [0.717, 1.165) is 25.9 Å². The predicted octanol–water partition coefficient (Wildman–Crippen LogP) is 1.23. The summed E-state index contributed by atoms with van der Waals surface area (Å²) in [7, 11) is 1.96. The van der Waals surface area contributed by atoms with Crippen LogP contribution in [0.5, 0.6) is 0 Å². The van der Waals surface area contributed by atoms with Crippen LogP contribution < -0.4 is 11.5 Å². The van der Waals surface area contributed by atoms with E-state index in [1.165, 1.54) is 0 Å². The maximum Gasteiger partial charge on any atom is 0.409 e. The molecule has 0 bridgehead atoms. The number of hydrogen-bond donors (Lipinski definition) is 2. The monoisotopic (exact) mass is 205 g/mol. The van der Waals surface area contributed by atoms with Gasteiger partial charge in [0.15, 0.2) is 0 Å². The first-order chi connectivity index (χ1) is 6.27. The van der Waals surface area contributed by atoms with Gasteiger partial charge in [0.2, 0.25) is 0 Å². The fraction of sp³-hybridized carbons (Fsp3) is 0.889. The summed E-state index contributed by atoms with van der Waals surface area (Å²) in [6.07, 6.45) is 1.88. The fourth-order valence-corrected chi connectivity index (χ4v) is 1.57. The van der Waals surface area contributed by atoms with Gasteiger partial charge in [0, 0.05) is 20.6 Å². The van der Waals surface area contributed by atoms with E-state index < -0.39 is 0 Å². The average Bonchev–Trinajstić information content (AvgIpc) is 2.18. The number of carbonyl (C=O) groups excluding carboxylic acids is 1. The summed E-state index contributed by atoms with van der Waals surface area (Å²) in [5.74, 6) is 0. The van der Waals surface area contributed by atoms with Gasteiger partial charge in [0.1, 0.15) is 0 Å². The number of ether oxygens (including phenoxy) is 1. The minimum Gasteiger partial charge on any atom is -0.450 e. The smallest absolute Gasteiger partial charge is 0.409 e. The molecule has 0 aromatic heterocycles. The van der Waals surface area contributed by atoms with E-state index >= 15 is 0 Å². The minimum absolute atomic E-state index is 0. The Hall–Kier alpha value is -0.810. The van der Waals surface area contributed by atoms with E-state index in [1.54, 1.807) is 4.90 Å². The highest BCUT2D eigenvalue weighted by Crippen LogP contribution is 2.10. The molecule has 1 fully saturated rings. The van der Waals surface area contributed by atoms with Crippen LogP contribution in [0.25, 0.3) is 0 Å². The third-order valence-corrected chi connectivity index (χ3v) is 2.43. The zero-order valence-electron chi connectivity index (χ0n) is 9.08. The first-order valence-corrected chi connectivity index (χ1v) is 4.87. The summed E-state index contributed by atoms with van der Waals surface area (Å²) >= 11 is 0. The van der Waals surface area contributed by atoms with Crippen molar-refractivity contribution < 1.29 is 11.0 Å². The van der Waals surface area contributed by atoms with Crippen LogP contribution in [-0.4, -0.2) is 43.8 Å². The molecular weight excluding hydrogens is 182 g/mol. The number of piperidine rings is 1. The van der Waals surface area contributed by atoms with Gasteiger partial charge in [-0.2, -0.15) is 0 Å². The lowest BCUT2D eigenvalue weighted by Gasteiger charge is -2.30. The molecule has 0 spiro atoms. The molecule has 1 amide bonds. The largest absolute Gasteiger partial charge is 0.450 e. The second-order valence-corrected chi connectivity index (χ2v) is 3.25. The van der Waals surface area contributed by atoms with E-state index in [4.69, 9.17) is 4.74 Å². The quantitative estimate of drug-likeness (QED) is 0.711. The summed E-state index contributed by atoms with van der Waals surface area (Å²) in [6.45, 7) is 3.91.